The summed E-state index contributed by atoms with van der Waals surface area (Å²) in [4.78, 5) is 54.7. The monoisotopic (exact) mass is 597 g/mol. The fraction of sp³-hybridized carbons (Fsp3) is 0.414. The molecule has 1 aliphatic heterocycles. The number of amides is 3. The van der Waals surface area contributed by atoms with E-state index in [4.69, 9.17) is 11.6 Å². The number of rotatable bonds is 11. The number of carbonyl (C=O) groups is 4. The number of benzene rings is 2. The number of nitrogens with one attached hydrogen (secondary N) is 3. The highest BCUT2D eigenvalue weighted by molar-refractivity contribution is 6.30. The van der Waals surface area contributed by atoms with E-state index >= 15 is 0 Å². The predicted molar refractivity (Wildman–Crippen MR) is 156 cm³/mol. The molecule has 2 heterocycles. The summed E-state index contributed by atoms with van der Waals surface area (Å²) in [6, 6.07) is 9.61. The van der Waals surface area contributed by atoms with Crippen molar-refractivity contribution < 1.29 is 23.6 Å². The molecule has 3 aromatic rings. The van der Waals surface area contributed by atoms with Crippen LogP contribution in [0, 0.1) is 5.82 Å². The third kappa shape index (κ3) is 7.12. The predicted octanol–water partition coefficient (Wildman–Crippen LogP) is 2.18. The second-order valence-electron chi connectivity index (χ2n) is 10.6. The Balaban J connectivity index is 1.26. The van der Waals surface area contributed by atoms with Gasteiger partial charge in [0.25, 0.3) is 0 Å². The molecule has 222 valence electrons. The smallest absolute Gasteiger partial charge is 0.245 e. The summed E-state index contributed by atoms with van der Waals surface area (Å²) in [7, 11) is 0. The van der Waals surface area contributed by atoms with Gasteiger partial charge in [0.2, 0.25) is 17.7 Å². The first-order valence-electron chi connectivity index (χ1n) is 13.9. The van der Waals surface area contributed by atoms with Crippen molar-refractivity contribution in [2.75, 3.05) is 44.6 Å². The highest BCUT2D eigenvalue weighted by atomic mass is 35.5. The molecule has 0 unspecified atom stereocenters. The molecule has 42 heavy (non-hydrogen) atoms. The minimum absolute atomic E-state index is 0.0300. The van der Waals surface area contributed by atoms with Crippen molar-refractivity contribution in [3.8, 4) is 0 Å². The summed E-state index contributed by atoms with van der Waals surface area (Å²) in [5, 5.41) is 13.7. The molecule has 3 amide bonds. The molecule has 1 aliphatic carbocycles. The van der Waals surface area contributed by atoms with E-state index in [9.17, 15) is 23.6 Å². The lowest BCUT2D eigenvalue weighted by atomic mass is 10.1. The molecule has 13 heteroatoms. The number of Topliss-reactive ketones (excluding diaryl/α,β-unsaturated/α-hetero) is 1. The Kier molecular flexibility index (Phi) is 9.15. The maximum Gasteiger partial charge on any atom is 0.245 e. The van der Waals surface area contributed by atoms with Crippen LogP contribution in [0.25, 0.3) is 10.9 Å². The number of hydrogen-bond donors (Lipinski definition) is 3. The van der Waals surface area contributed by atoms with E-state index in [1.165, 1.54) is 28.6 Å². The van der Waals surface area contributed by atoms with Crippen LogP contribution in [0.15, 0.2) is 36.4 Å². The minimum atomic E-state index is -0.594. The van der Waals surface area contributed by atoms with E-state index in [-0.39, 0.29) is 66.1 Å². The lowest BCUT2D eigenvalue weighted by molar-refractivity contribution is -0.137. The molecule has 5 rings (SSSR count). The number of hydrogen-bond acceptors (Lipinski definition) is 7. The first-order valence-corrected chi connectivity index (χ1v) is 14.3. The van der Waals surface area contributed by atoms with Gasteiger partial charge in [0.15, 0.2) is 5.78 Å². The summed E-state index contributed by atoms with van der Waals surface area (Å²) in [6.45, 7) is 4.51. The normalized spacial score (nSPS) is 15.4. The Hall–Kier alpha value is -3.87. The van der Waals surface area contributed by atoms with Crippen LogP contribution in [0.3, 0.4) is 0 Å². The van der Waals surface area contributed by atoms with Crippen molar-refractivity contribution in [1.82, 2.24) is 30.2 Å². The number of halogens is 2. The van der Waals surface area contributed by atoms with Gasteiger partial charge in [-0.15, -0.1) is 0 Å². The molecule has 2 aliphatic rings. The number of ketones is 1. The van der Waals surface area contributed by atoms with Gasteiger partial charge in [-0.05, 0) is 37.1 Å². The van der Waals surface area contributed by atoms with E-state index in [1.807, 2.05) is 0 Å². The van der Waals surface area contributed by atoms with Gasteiger partial charge >= 0.3 is 0 Å². The molecule has 2 aromatic carbocycles. The fourth-order valence-corrected chi connectivity index (χ4v) is 5.22. The average molecular weight is 598 g/mol. The highest BCUT2D eigenvalue weighted by Gasteiger charge is 2.34. The highest BCUT2D eigenvalue weighted by Crippen LogP contribution is 2.28. The van der Waals surface area contributed by atoms with Gasteiger partial charge in [-0.1, -0.05) is 23.7 Å². The molecule has 0 spiro atoms. The van der Waals surface area contributed by atoms with E-state index < -0.39 is 11.7 Å². The van der Waals surface area contributed by atoms with Crippen LogP contribution in [-0.2, 0) is 27.5 Å². The molecule has 1 saturated heterocycles. The van der Waals surface area contributed by atoms with Crippen molar-refractivity contribution in [3.63, 3.8) is 0 Å². The van der Waals surface area contributed by atoms with Crippen molar-refractivity contribution in [2.24, 2.45) is 0 Å². The zero-order valence-electron chi connectivity index (χ0n) is 23.3. The van der Waals surface area contributed by atoms with Crippen molar-refractivity contribution >= 4 is 51.7 Å². The molecule has 0 bridgehead atoms. The molecule has 2 fully saturated rings. The third-order valence-corrected chi connectivity index (χ3v) is 7.65. The van der Waals surface area contributed by atoms with Crippen LogP contribution in [0.4, 0.5) is 10.1 Å². The number of fused-ring (bicyclic) bond motifs is 1. The maximum absolute atomic E-state index is 14.2. The van der Waals surface area contributed by atoms with Crippen LogP contribution in [-0.4, -0.2) is 88.4 Å². The number of carbonyl (C=O) groups excluding carboxylic acids is 4. The topological polar surface area (TPSA) is 129 Å². The average Bonchev–Trinajstić information content (AvgIpc) is 3.74. The number of piperazine rings is 1. The molecule has 1 saturated carbocycles. The lowest BCUT2D eigenvalue weighted by Gasteiger charge is -2.26. The fourth-order valence-electron chi connectivity index (χ4n) is 5.03. The molecular formula is C29H33ClFN7O4. The quantitative estimate of drug-likeness (QED) is 0.289. The first-order chi connectivity index (χ1) is 20.2. The van der Waals surface area contributed by atoms with Crippen LogP contribution < -0.4 is 16.0 Å². The van der Waals surface area contributed by atoms with Gasteiger partial charge < -0.3 is 20.9 Å². The minimum Gasteiger partial charge on any atom is -0.350 e. The van der Waals surface area contributed by atoms with Gasteiger partial charge in [0.05, 0.1) is 23.6 Å². The van der Waals surface area contributed by atoms with Crippen molar-refractivity contribution in [2.45, 2.75) is 38.9 Å². The van der Waals surface area contributed by atoms with Crippen LogP contribution in [0.5, 0.6) is 0 Å². The van der Waals surface area contributed by atoms with Gasteiger partial charge in [-0.3, -0.25) is 28.8 Å². The van der Waals surface area contributed by atoms with Crippen LogP contribution in [0.1, 0.15) is 35.8 Å². The van der Waals surface area contributed by atoms with Crippen molar-refractivity contribution in [3.05, 3.63) is 58.5 Å². The number of anilines is 1. The number of nitrogens with zero attached hydrogens (tertiary/aromatic N) is 4. The second-order valence-corrected chi connectivity index (χ2v) is 11.0. The Bertz CT molecular complexity index is 1520. The molecule has 1 aromatic heterocycles. The Morgan fingerprint density at radius 2 is 1.86 bits per heavy atom. The van der Waals surface area contributed by atoms with Crippen LogP contribution in [0.2, 0.25) is 5.02 Å². The van der Waals surface area contributed by atoms with Gasteiger partial charge in [-0.2, -0.15) is 5.10 Å². The molecule has 0 radical (unpaired) electrons. The molecule has 3 N–H and O–H groups in total. The van der Waals surface area contributed by atoms with E-state index in [0.29, 0.717) is 16.6 Å². The maximum atomic E-state index is 14.2. The van der Waals surface area contributed by atoms with E-state index in [1.54, 1.807) is 24.3 Å². The zero-order valence-corrected chi connectivity index (χ0v) is 24.0. The number of aromatic nitrogens is 2. The van der Waals surface area contributed by atoms with E-state index in [2.05, 4.69) is 25.9 Å². The summed E-state index contributed by atoms with van der Waals surface area (Å²) in [5.41, 5.74) is 1.53. The van der Waals surface area contributed by atoms with Crippen molar-refractivity contribution in [1.29, 1.82) is 0 Å². The Morgan fingerprint density at radius 1 is 1.10 bits per heavy atom. The second kappa shape index (κ2) is 13.0. The van der Waals surface area contributed by atoms with Gasteiger partial charge in [0, 0.05) is 62.3 Å². The third-order valence-electron chi connectivity index (χ3n) is 7.36. The first kappa shape index (κ1) is 29.6. The van der Waals surface area contributed by atoms with E-state index in [0.717, 1.165) is 39.0 Å². The molecular weight excluding hydrogens is 565 g/mol. The summed E-state index contributed by atoms with van der Waals surface area (Å²) >= 11 is 5.82. The lowest BCUT2D eigenvalue weighted by Crippen LogP contribution is -2.46. The summed E-state index contributed by atoms with van der Waals surface area (Å²) in [5.74, 6) is -1.77. The molecule has 11 nitrogen and oxygen atoms in total. The molecule has 0 atom stereocenters. The summed E-state index contributed by atoms with van der Waals surface area (Å²) in [6.07, 6.45) is 1.55. The standard InChI is InChI=1S/C29H33ClFN7O4/c1-18(39)29-22-13-20(34-26(41)15-36-11-9-32-10-12-36)5-8-24(22)38(35-29)17-27(42)37(21-6-7-21)16-25(40)33-14-19-3-2-4-23(30)28(19)31/h2-5,8,13,21,32H,6-7,9-12,14-17H2,1H3,(H,33,40)(H,34,41). The largest absolute Gasteiger partial charge is 0.350 e. The summed E-state index contributed by atoms with van der Waals surface area (Å²) < 4.78 is 15.6. The van der Waals surface area contributed by atoms with Gasteiger partial charge in [-0.25, -0.2) is 4.39 Å². The van der Waals surface area contributed by atoms with Crippen LogP contribution >= 0.6 is 11.6 Å². The Morgan fingerprint density at radius 3 is 2.57 bits per heavy atom. The SMILES string of the molecule is CC(=O)c1nn(CC(=O)N(CC(=O)NCc2cccc(Cl)c2F)C2CC2)c2ccc(NC(=O)CN3CCNCC3)cc12. The Labute approximate surface area is 247 Å². The zero-order chi connectivity index (χ0) is 29.8. The van der Waals surface area contributed by atoms with Gasteiger partial charge in [0.1, 0.15) is 18.1 Å².